The number of benzene rings is 1. The molecule has 174 valence electrons. The molecule has 3 heterocycles. The lowest BCUT2D eigenvalue weighted by Gasteiger charge is -2.33. The second-order valence-electron chi connectivity index (χ2n) is 9.06. The van der Waals surface area contributed by atoms with Crippen LogP contribution in [0, 0.1) is 5.82 Å². The predicted molar refractivity (Wildman–Crippen MR) is 125 cm³/mol. The van der Waals surface area contributed by atoms with Crippen molar-refractivity contribution in [3.63, 3.8) is 0 Å². The Kier molecular flexibility index (Phi) is 6.13. The maximum Gasteiger partial charge on any atom is 0.410 e. The fraction of sp³-hybridized carbons (Fsp3) is 0.391. The summed E-state index contributed by atoms with van der Waals surface area (Å²) in [6.07, 6.45) is 2.67. The summed E-state index contributed by atoms with van der Waals surface area (Å²) in [6, 6.07) is 6.34. The van der Waals surface area contributed by atoms with Gasteiger partial charge in [0.15, 0.2) is 5.69 Å². The molecule has 3 aromatic rings. The van der Waals surface area contributed by atoms with Gasteiger partial charge < -0.3 is 15.4 Å². The predicted octanol–water partition coefficient (Wildman–Crippen LogP) is 4.54. The Morgan fingerprint density at radius 3 is 2.48 bits per heavy atom. The largest absolute Gasteiger partial charge is 0.444 e. The van der Waals surface area contributed by atoms with Gasteiger partial charge in [0.25, 0.3) is 5.91 Å². The van der Waals surface area contributed by atoms with E-state index < -0.39 is 17.3 Å². The first-order valence-electron chi connectivity index (χ1n) is 10.7. The van der Waals surface area contributed by atoms with Crippen LogP contribution in [-0.4, -0.2) is 50.4 Å². The molecule has 1 fully saturated rings. The third-order valence-corrected chi connectivity index (χ3v) is 6.04. The number of hydrogen-bond acceptors (Lipinski definition) is 5. The molecule has 0 atom stereocenters. The van der Waals surface area contributed by atoms with Crippen LogP contribution in [0.4, 0.5) is 9.18 Å². The van der Waals surface area contributed by atoms with E-state index in [1.807, 2.05) is 26.8 Å². The quantitative estimate of drug-likeness (QED) is 0.549. The van der Waals surface area contributed by atoms with Gasteiger partial charge in [-0.3, -0.25) is 9.78 Å². The van der Waals surface area contributed by atoms with Crippen molar-refractivity contribution in [3.05, 3.63) is 52.0 Å². The number of nitrogens with zero attached hydrogens (tertiary/aromatic N) is 4. The van der Waals surface area contributed by atoms with E-state index in [1.54, 1.807) is 17.2 Å². The molecule has 1 aliphatic rings. The number of ether oxygens (including phenoxy) is 1. The van der Waals surface area contributed by atoms with Crippen molar-refractivity contribution in [1.29, 1.82) is 0 Å². The van der Waals surface area contributed by atoms with Crippen LogP contribution in [0.5, 0.6) is 0 Å². The van der Waals surface area contributed by atoms with Crippen LogP contribution < -0.4 is 5.73 Å². The standard InChI is InChI=1S/C23H25BrFN5O3/c1-23(2,3)33-22(32)29-10-7-13(8-11-29)15-6-9-27-19-18(15)28-30(20(19)21(26)31)17-5-4-14(24)12-16(17)25/h4-6,9,12-13H,7-8,10-11H2,1-3H3,(H2,26,31). The molecule has 0 unspecified atom stereocenters. The average molecular weight is 518 g/mol. The smallest absolute Gasteiger partial charge is 0.410 e. The highest BCUT2D eigenvalue weighted by molar-refractivity contribution is 9.10. The summed E-state index contributed by atoms with van der Waals surface area (Å²) in [5.74, 6) is -1.20. The monoisotopic (exact) mass is 517 g/mol. The zero-order chi connectivity index (χ0) is 23.9. The normalized spacial score (nSPS) is 15.1. The summed E-state index contributed by atoms with van der Waals surface area (Å²) in [7, 11) is 0. The lowest BCUT2D eigenvalue weighted by molar-refractivity contribution is 0.0205. The van der Waals surface area contributed by atoms with Gasteiger partial charge in [0.1, 0.15) is 28.1 Å². The Morgan fingerprint density at radius 1 is 1.18 bits per heavy atom. The molecule has 0 bridgehead atoms. The number of carbonyl (C=O) groups is 2. The van der Waals surface area contributed by atoms with Gasteiger partial charge in [0.2, 0.25) is 0 Å². The Morgan fingerprint density at radius 2 is 1.88 bits per heavy atom. The number of fused-ring (bicyclic) bond motifs is 1. The molecule has 33 heavy (non-hydrogen) atoms. The molecule has 2 N–H and O–H groups in total. The molecular formula is C23H25BrFN5O3. The molecule has 0 radical (unpaired) electrons. The van der Waals surface area contributed by atoms with Crippen LogP contribution in [0.15, 0.2) is 34.9 Å². The van der Waals surface area contributed by atoms with Crippen LogP contribution in [0.1, 0.15) is 55.6 Å². The molecular weight excluding hydrogens is 493 g/mol. The number of carbonyl (C=O) groups excluding carboxylic acids is 2. The number of aromatic nitrogens is 3. The van der Waals surface area contributed by atoms with Crippen LogP contribution in [0.3, 0.4) is 0 Å². The minimum atomic E-state index is -0.746. The molecule has 2 amide bonds. The number of nitrogens with two attached hydrogens (primary N) is 1. The van der Waals surface area contributed by atoms with E-state index in [-0.39, 0.29) is 23.4 Å². The second kappa shape index (κ2) is 8.74. The summed E-state index contributed by atoms with van der Waals surface area (Å²) >= 11 is 3.24. The number of piperidine rings is 1. The summed E-state index contributed by atoms with van der Waals surface area (Å²) in [5.41, 5.74) is 6.95. The van der Waals surface area contributed by atoms with Crippen LogP contribution in [-0.2, 0) is 4.74 Å². The van der Waals surface area contributed by atoms with Crippen molar-refractivity contribution >= 4 is 39.0 Å². The van der Waals surface area contributed by atoms with Gasteiger partial charge in [0.05, 0.1) is 0 Å². The minimum Gasteiger partial charge on any atom is -0.444 e. The molecule has 0 spiro atoms. The third-order valence-electron chi connectivity index (χ3n) is 5.55. The van der Waals surface area contributed by atoms with E-state index >= 15 is 0 Å². The zero-order valence-corrected chi connectivity index (χ0v) is 20.2. The molecule has 10 heteroatoms. The minimum absolute atomic E-state index is 0.0271. The number of rotatable bonds is 3. The first-order chi connectivity index (χ1) is 15.5. The van der Waals surface area contributed by atoms with E-state index in [4.69, 9.17) is 10.5 Å². The fourth-order valence-corrected chi connectivity index (χ4v) is 4.41. The van der Waals surface area contributed by atoms with Crippen LogP contribution in [0.25, 0.3) is 16.7 Å². The van der Waals surface area contributed by atoms with Crippen LogP contribution >= 0.6 is 15.9 Å². The van der Waals surface area contributed by atoms with Gasteiger partial charge in [-0.05, 0) is 69.4 Å². The Hall–Kier alpha value is -3.01. The van der Waals surface area contributed by atoms with E-state index in [1.165, 1.54) is 16.8 Å². The maximum absolute atomic E-state index is 14.7. The van der Waals surface area contributed by atoms with Crippen molar-refractivity contribution in [1.82, 2.24) is 19.7 Å². The Balaban J connectivity index is 1.68. The first kappa shape index (κ1) is 23.2. The van der Waals surface area contributed by atoms with Crippen molar-refractivity contribution < 1.29 is 18.7 Å². The Bertz CT molecular complexity index is 1230. The second-order valence-corrected chi connectivity index (χ2v) is 9.98. The van der Waals surface area contributed by atoms with Gasteiger partial charge in [-0.1, -0.05) is 15.9 Å². The SMILES string of the molecule is CC(C)(C)OC(=O)N1CCC(c2ccnc3c(C(N)=O)n(-c4ccc(Br)cc4F)nc23)CC1. The van der Waals surface area contributed by atoms with Gasteiger partial charge >= 0.3 is 6.09 Å². The van der Waals surface area contributed by atoms with E-state index in [0.717, 1.165) is 5.56 Å². The summed E-state index contributed by atoms with van der Waals surface area (Å²) in [4.78, 5) is 30.7. The molecule has 8 nitrogen and oxygen atoms in total. The highest BCUT2D eigenvalue weighted by atomic mass is 79.9. The van der Waals surface area contributed by atoms with Gasteiger partial charge in [-0.15, -0.1) is 0 Å². The molecule has 0 aliphatic carbocycles. The highest BCUT2D eigenvalue weighted by Gasteiger charge is 2.30. The molecule has 1 saturated heterocycles. The number of halogens is 2. The molecule has 1 aliphatic heterocycles. The summed E-state index contributed by atoms with van der Waals surface area (Å²) in [5, 5.41) is 4.57. The number of amides is 2. The number of pyridine rings is 1. The van der Waals surface area contributed by atoms with E-state index in [0.29, 0.717) is 41.4 Å². The van der Waals surface area contributed by atoms with Crippen molar-refractivity contribution in [2.75, 3.05) is 13.1 Å². The average Bonchev–Trinajstić information content (AvgIpc) is 3.12. The molecule has 4 rings (SSSR count). The fourth-order valence-electron chi connectivity index (χ4n) is 4.08. The van der Waals surface area contributed by atoms with Gasteiger partial charge in [0, 0.05) is 23.8 Å². The topological polar surface area (TPSA) is 103 Å². The van der Waals surface area contributed by atoms with Crippen molar-refractivity contribution in [2.24, 2.45) is 5.73 Å². The number of hydrogen-bond donors (Lipinski definition) is 1. The molecule has 2 aromatic heterocycles. The third kappa shape index (κ3) is 4.71. The Labute approximate surface area is 199 Å². The van der Waals surface area contributed by atoms with Gasteiger partial charge in [-0.25, -0.2) is 13.9 Å². The van der Waals surface area contributed by atoms with E-state index in [2.05, 4.69) is 26.0 Å². The lowest BCUT2D eigenvalue weighted by Crippen LogP contribution is -2.41. The zero-order valence-electron chi connectivity index (χ0n) is 18.6. The summed E-state index contributed by atoms with van der Waals surface area (Å²) < 4.78 is 21.9. The van der Waals surface area contributed by atoms with Crippen molar-refractivity contribution in [2.45, 2.75) is 45.1 Å². The van der Waals surface area contributed by atoms with Crippen molar-refractivity contribution in [3.8, 4) is 5.69 Å². The number of primary amides is 1. The van der Waals surface area contributed by atoms with E-state index in [9.17, 15) is 14.0 Å². The lowest BCUT2D eigenvalue weighted by atomic mass is 9.89. The number of likely N-dealkylation sites (tertiary alicyclic amines) is 1. The maximum atomic E-state index is 14.7. The van der Waals surface area contributed by atoms with Gasteiger partial charge in [-0.2, -0.15) is 5.10 Å². The highest BCUT2D eigenvalue weighted by Crippen LogP contribution is 2.34. The molecule has 0 saturated carbocycles. The molecule has 1 aromatic carbocycles. The summed E-state index contributed by atoms with van der Waals surface area (Å²) in [6.45, 7) is 6.59. The first-order valence-corrected chi connectivity index (χ1v) is 11.5. The van der Waals surface area contributed by atoms with Crippen LogP contribution in [0.2, 0.25) is 0 Å².